The minimum absolute atomic E-state index is 0.0995. The van der Waals surface area contributed by atoms with Gasteiger partial charge in [0.05, 0.1) is 10.6 Å². The molecule has 0 aliphatic rings. The van der Waals surface area contributed by atoms with Gasteiger partial charge in [-0.3, -0.25) is 0 Å². The van der Waals surface area contributed by atoms with Gasteiger partial charge in [-0.15, -0.1) is 0 Å². The molecule has 5 nitrogen and oxygen atoms in total. The lowest BCUT2D eigenvalue weighted by atomic mass is 10.4. The van der Waals surface area contributed by atoms with Crippen molar-refractivity contribution < 1.29 is 12.9 Å². The number of sulfonamides is 1. The number of aromatic nitrogens is 1. The quantitative estimate of drug-likeness (QED) is 0.944. The molecule has 1 aromatic carbocycles. The number of nitrogens with one attached hydrogen (secondary N) is 1. The van der Waals surface area contributed by atoms with Crippen LogP contribution < -0.4 is 4.72 Å². The zero-order chi connectivity index (χ0) is 12.5. The number of benzene rings is 1. The van der Waals surface area contributed by atoms with Crippen LogP contribution >= 0.6 is 15.9 Å². The van der Waals surface area contributed by atoms with Crippen molar-refractivity contribution >= 4 is 31.8 Å². The molecule has 1 aromatic heterocycles. The van der Waals surface area contributed by atoms with Crippen LogP contribution in [0.4, 0.5) is 5.88 Å². The normalized spacial score (nSPS) is 11.4. The monoisotopic (exact) mass is 316 g/mol. The van der Waals surface area contributed by atoms with Gasteiger partial charge in [0.25, 0.3) is 10.0 Å². The SMILES string of the molecule is Cc1cc(NS(=O)(=O)c2cccc(Br)c2)on1. The van der Waals surface area contributed by atoms with Crippen molar-refractivity contribution in [3.05, 3.63) is 40.5 Å². The summed E-state index contributed by atoms with van der Waals surface area (Å²) >= 11 is 3.22. The predicted octanol–water partition coefficient (Wildman–Crippen LogP) is 2.55. The Morgan fingerprint density at radius 2 is 2.12 bits per heavy atom. The van der Waals surface area contributed by atoms with Crippen LogP contribution in [0.25, 0.3) is 0 Å². The Morgan fingerprint density at radius 3 is 2.71 bits per heavy atom. The molecule has 0 fully saturated rings. The van der Waals surface area contributed by atoms with E-state index in [-0.39, 0.29) is 10.8 Å². The third kappa shape index (κ3) is 2.86. The Bertz CT molecular complexity index is 637. The van der Waals surface area contributed by atoms with Gasteiger partial charge in [-0.1, -0.05) is 27.2 Å². The standard InChI is InChI=1S/C10H9BrN2O3S/c1-7-5-10(16-12-7)13-17(14,15)9-4-2-3-8(11)6-9/h2-6,13H,1H3. The van der Waals surface area contributed by atoms with Gasteiger partial charge in [0, 0.05) is 10.5 Å². The number of hydrogen-bond donors (Lipinski definition) is 1. The molecule has 2 aromatic rings. The predicted molar refractivity (Wildman–Crippen MR) is 66.2 cm³/mol. The van der Waals surface area contributed by atoms with Crippen molar-refractivity contribution in [3.8, 4) is 0 Å². The van der Waals surface area contributed by atoms with Gasteiger partial charge in [0.1, 0.15) is 0 Å². The van der Waals surface area contributed by atoms with Crippen LogP contribution in [-0.2, 0) is 10.0 Å². The number of aryl methyl sites for hydroxylation is 1. The molecule has 0 spiro atoms. The van der Waals surface area contributed by atoms with Gasteiger partial charge >= 0.3 is 0 Å². The van der Waals surface area contributed by atoms with Gasteiger partial charge in [-0.05, 0) is 25.1 Å². The first-order chi connectivity index (χ1) is 7.97. The molecule has 0 saturated heterocycles. The Balaban J connectivity index is 2.31. The first kappa shape index (κ1) is 12.1. The van der Waals surface area contributed by atoms with Crippen LogP contribution in [0.1, 0.15) is 5.69 Å². The number of halogens is 1. The lowest BCUT2D eigenvalue weighted by Crippen LogP contribution is -2.12. The molecule has 1 N–H and O–H groups in total. The zero-order valence-corrected chi connectivity index (χ0v) is 11.2. The summed E-state index contributed by atoms with van der Waals surface area (Å²) < 4.78 is 31.7. The van der Waals surface area contributed by atoms with E-state index in [9.17, 15) is 8.42 Å². The zero-order valence-electron chi connectivity index (χ0n) is 8.84. The van der Waals surface area contributed by atoms with Crippen LogP contribution in [0.5, 0.6) is 0 Å². The fourth-order valence-corrected chi connectivity index (χ4v) is 2.81. The summed E-state index contributed by atoms with van der Waals surface area (Å²) in [5.74, 6) is 0.0995. The largest absolute Gasteiger partial charge is 0.338 e. The Morgan fingerprint density at radius 1 is 1.35 bits per heavy atom. The topological polar surface area (TPSA) is 72.2 Å². The second kappa shape index (κ2) is 4.50. The van der Waals surface area contributed by atoms with Gasteiger partial charge < -0.3 is 4.52 Å². The van der Waals surface area contributed by atoms with Crippen LogP contribution in [0, 0.1) is 6.92 Å². The second-order valence-electron chi connectivity index (χ2n) is 3.40. The van der Waals surface area contributed by atoms with Crippen molar-refractivity contribution in [1.29, 1.82) is 0 Å². The molecule has 7 heteroatoms. The van der Waals surface area contributed by atoms with Crippen molar-refractivity contribution in [1.82, 2.24) is 5.16 Å². The molecule has 0 bridgehead atoms. The summed E-state index contributed by atoms with van der Waals surface area (Å²) in [6.45, 7) is 1.71. The summed E-state index contributed by atoms with van der Waals surface area (Å²) in [5.41, 5.74) is 0.608. The van der Waals surface area contributed by atoms with E-state index in [1.807, 2.05) is 0 Å². The lowest BCUT2D eigenvalue weighted by Gasteiger charge is -2.04. The van der Waals surface area contributed by atoms with Crippen LogP contribution in [0.2, 0.25) is 0 Å². The van der Waals surface area contributed by atoms with Crippen molar-refractivity contribution in [2.24, 2.45) is 0 Å². The molecular weight excluding hydrogens is 308 g/mol. The third-order valence-corrected chi connectivity index (χ3v) is 3.81. The van der Waals surface area contributed by atoms with Crippen LogP contribution in [0.3, 0.4) is 0 Å². The molecule has 90 valence electrons. The van der Waals surface area contributed by atoms with E-state index in [1.54, 1.807) is 19.1 Å². The number of anilines is 1. The fourth-order valence-electron chi connectivity index (χ4n) is 1.24. The molecule has 0 saturated carbocycles. The molecule has 0 unspecified atom stereocenters. The van der Waals surface area contributed by atoms with Crippen molar-refractivity contribution in [2.45, 2.75) is 11.8 Å². The highest BCUT2D eigenvalue weighted by Crippen LogP contribution is 2.19. The van der Waals surface area contributed by atoms with E-state index in [4.69, 9.17) is 4.52 Å². The fraction of sp³-hybridized carbons (Fsp3) is 0.100. The Kier molecular flexibility index (Phi) is 3.21. The number of rotatable bonds is 3. The highest BCUT2D eigenvalue weighted by molar-refractivity contribution is 9.10. The molecule has 0 aliphatic heterocycles. The lowest BCUT2D eigenvalue weighted by molar-refractivity contribution is 0.430. The van der Waals surface area contributed by atoms with Gasteiger partial charge in [0.15, 0.2) is 0 Å². The summed E-state index contributed by atoms with van der Waals surface area (Å²) in [4.78, 5) is 0.154. The molecule has 0 radical (unpaired) electrons. The van der Waals surface area contributed by atoms with E-state index in [1.165, 1.54) is 18.2 Å². The maximum absolute atomic E-state index is 11.9. The summed E-state index contributed by atoms with van der Waals surface area (Å²) in [5, 5.41) is 3.60. The second-order valence-corrected chi connectivity index (χ2v) is 5.99. The van der Waals surface area contributed by atoms with E-state index in [0.29, 0.717) is 10.2 Å². The summed E-state index contributed by atoms with van der Waals surface area (Å²) in [6, 6.07) is 7.90. The van der Waals surface area contributed by atoms with Crippen molar-refractivity contribution in [2.75, 3.05) is 4.72 Å². The van der Waals surface area contributed by atoms with Gasteiger partial charge in [0.2, 0.25) is 5.88 Å². The summed E-state index contributed by atoms with van der Waals surface area (Å²) in [6.07, 6.45) is 0. The molecular formula is C10H9BrN2O3S. The molecule has 0 amide bonds. The molecule has 2 rings (SSSR count). The van der Waals surface area contributed by atoms with E-state index < -0.39 is 10.0 Å². The first-order valence-electron chi connectivity index (χ1n) is 4.69. The van der Waals surface area contributed by atoms with E-state index in [0.717, 1.165) is 0 Å². The van der Waals surface area contributed by atoms with E-state index >= 15 is 0 Å². The highest BCUT2D eigenvalue weighted by Gasteiger charge is 2.16. The molecule has 0 atom stereocenters. The average Bonchev–Trinajstić information content (AvgIpc) is 2.63. The molecule has 1 heterocycles. The Labute approximate surface area is 107 Å². The number of nitrogens with zero attached hydrogens (tertiary/aromatic N) is 1. The number of hydrogen-bond acceptors (Lipinski definition) is 4. The first-order valence-corrected chi connectivity index (χ1v) is 6.97. The smallest absolute Gasteiger partial charge is 0.264 e. The average molecular weight is 317 g/mol. The molecule has 17 heavy (non-hydrogen) atoms. The molecule has 0 aliphatic carbocycles. The van der Waals surface area contributed by atoms with Crippen molar-refractivity contribution in [3.63, 3.8) is 0 Å². The highest BCUT2D eigenvalue weighted by atomic mass is 79.9. The van der Waals surface area contributed by atoms with Crippen LogP contribution in [0.15, 0.2) is 44.2 Å². The Hall–Kier alpha value is -1.34. The van der Waals surface area contributed by atoms with Crippen LogP contribution in [-0.4, -0.2) is 13.6 Å². The maximum Gasteiger partial charge on any atom is 0.264 e. The van der Waals surface area contributed by atoms with Gasteiger partial charge in [-0.2, -0.15) is 0 Å². The minimum Gasteiger partial charge on any atom is -0.338 e. The minimum atomic E-state index is -3.64. The van der Waals surface area contributed by atoms with E-state index in [2.05, 4.69) is 25.8 Å². The van der Waals surface area contributed by atoms with Gasteiger partial charge in [-0.25, -0.2) is 13.1 Å². The maximum atomic E-state index is 11.9. The summed E-state index contributed by atoms with van der Waals surface area (Å²) in [7, 11) is -3.64. The third-order valence-electron chi connectivity index (χ3n) is 1.97.